The van der Waals surface area contributed by atoms with Crippen molar-refractivity contribution in [3.63, 3.8) is 0 Å². The molecular formula is C19H17ClFN3O2S. The molecule has 0 atom stereocenters. The predicted molar refractivity (Wildman–Crippen MR) is 105 cm³/mol. The molecule has 2 amide bonds. The molecule has 1 aliphatic rings. The van der Waals surface area contributed by atoms with Crippen LogP contribution in [0, 0.1) is 5.82 Å². The van der Waals surface area contributed by atoms with E-state index in [9.17, 15) is 14.0 Å². The number of fused-ring (bicyclic) bond motifs is 1. The number of nitrogens with zero attached hydrogens (tertiary/aromatic N) is 2. The zero-order valence-electron chi connectivity index (χ0n) is 14.5. The summed E-state index contributed by atoms with van der Waals surface area (Å²) in [5, 5.41) is 0.251. The summed E-state index contributed by atoms with van der Waals surface area (Å²) in [4.78, 5) is 26.5. The van der Waals surface area contributed by atoms with Crippen LogP contribution in [0.25, 0.3) is 0 Å². The second-order valence-corrected chi connectivity index (χ2v) is 7.46. The fraction of sp³-hybridized carbons (Fsp3) is 0.158. The van der Waals surface area contributed by atoms with Crippen molar-refractivity contribution in [3.05, 3.63) is 70.6 Å². The topological polar surface area (TPSA) is 66.6 Å². The summed E-state index contributed by atoms with van der Waals surface area (Å²) in [5.74, 6) is -0.675. The van der Waals surface area contributed by atoms with Crippen LogP contribution in [0.15, 0.2) is 59.1 Å². The molecule has 0 bridgehead atoms. The molecule has 5 nitrogen and oxygen atoms in total. The van der Waals surface area contributed by atoms with Gasteiger partial charge in [-0.1, -0.05) is 29.8 Å². The van der Waals surface area contributed by atoms with Crippen molar-refractivity contribution in [1.82, 2.24) is 4.31 Å². The second-order valence-electron chi connectivity index (χ2n) is 5.99. The SMILES string of the molecule is CC(=O)C=C(N)CN1Sc2ccccc2N(Cc2c(F)cccc2Cl)C1=O. The molecule has 3 rings (SSSR count). The monoisotopic (exact) mass is 405 g/mol. The summed E-state index contributed by atoms with van der Waals surface area (Å²) in [5.41, 5.74) is 7.04. The summed E-state index contributed by atoms with van der Waals surface area (Å²) in [6.07, 6.45) is 1.28. The highest BCUT2D eigenvalue weighted by molar-refractivity contribution is 7.97. The van der Waals surface area contributed by atoms with Crippen molar-refractivity contribution in [2.45, 2.75) is 18.4 Å². The Morgan fingerprint density at radius 3 is 2.70 bits per heavy atom. The molecule has 2 aromatic carbocycles. The lowest BCUT2D eigenvalue weighted by molar-refractivity contribution is -0.112. The Bertz CT molecular complexity index is 915. The Balaban J connectivity index is 1.96. The first-order valence-corrected chi connectivity index (χ1v) is 9.27. The fourth-order valence-corrected chi connectivity index (χ4v) is 3.98. The molecule has 8 heteroatoms. The number of carbonyl (C=O) groups is 2. The van der Waals surface area contributed by atoms with E-state index < -0.39 is 5.82 Å². The van der Waals surface area contributed by atoms with Crippen LogP contribution in [0.4, 0.5) is 14.9 Å². The molecule has 2 N–H and O–H groups in total. The quantitative estimate of drug-likeness (QED) is 0.592. The van der Waals surface area contributed by atoms with Crippen LogP contribution in [-0.4, -0.2) is 22.7 Å². The number of carbonyl (C=O) groups excluding carboxylic acids is 2. The molecule has 0 aromatic heterocycles. The number of hydrogen-bond donors (Lipinski definition) is 1. The number of ketones is 1. The highest BCUT2D eigenvalue weighted by Crippen LogP contribution is 2.40. The van der Waals surface area contributed by atoms with Gasteiger partial charge in [0.15, 0.2) is 5.78 Å². The van der Waals surface area contributed by atoms with Crippen LogP contribution >= 0.6 is 23.5 Å². The van der Waals surface area contributed by atoms with E-state index in [0.29, 0.717) is 5.69 Å². The minimum absolute atomic E-state index is 0.0191. The van der Waals surface area contributed by atoms with E-state index in [1.165, 1.54) is 46.3 Å². The Kier molecular flexibility index (Phi) is 5.72. The molecule has 2 aromatic rings. The van der Waals surface area contributed by atoms with Crippen molar-refractivity contribution in [3.8, 4) is 0 Å². The van der Waals surface area contributed by atoms with E-state index in [1.807, 2.05) is 18.2 Å². The average Bonchev–Trinajstić information content (AvgIpc) is 2.60. The van der Waals surface area contributed by atoms with Crippen LogP contribution in [0.1, 0.15) is 12.5 Å². The first-order chi connectivity index (χ1) is 12.9. The van der Waals surface area contributed by atoms with Gasteiger partial charge in [0.05, 0.1) is 23.7 Å². The lowest BCUT2D eigenvalue weighted by Gasteiger charge is -2.36. The van der Waals surface area contributed by atoms with Crippen LogP contribution in [0.2, 0.25) is 5.02 Å². The molecule has 0 saturated carbocycles. The standard InChI is InChI=1S/C19H17ClFN3O2S/c1-12(25)9-13(22)10-24-19(26)23(17-7-2-3-8-18(17)27-24)11-14-15(20)5-4-6-16(14)21/h2-9H,10-11,22H2,1H3. The molecule has 0 aliphatic carbocycles. The Labute approximate surface area is 165 Å². The third kappa shape index (κ3) is 4.26. The molecule has 27 heavy (non-hydrogen) atoms. The van der Waals surface area contributed by atoms with Gasteiger partial charge in [0, 0.05) is 22.4 Å². The smallest absolute Gasteiger partial charge is 0.335 e. The highest BCUT2D eigenvalue weighted by atomic mass is 35.5. The van der Waals surface area contributed by atoms with Crippen molar-refractivity contribution in [2.75, 3.05) is 11.4 Å². The molecule has 140 valence electrons. The van der Waals surface area contributed by atoms with Crippen molar-refractivity contribution in [2.24, 2.45) is 5.73 Å². The fourth-order valence-electron chi connectivity index (χ4n) is 2.72. The minimum Gasteiger partial charge on any atom is -0.400 e. The number of amides is 2. The van der Waals surface area contributed by atoms with Crippen molar-refractivity contribution < 1.29 is 14.0 Å². The van der Waals surface area contributed by atoms with Crippen LogP contribution < -0.4 is 10.6 Å². The van der Waals surface area contributed by atoms with Gasteiger partial charge in [0.2, 0.25) is 0 Å². The highest BCUT2D eigenvalue weighted by Gasteiger charge is 2.32. The van der Waals surface area contributed by atoms with Gasteiger partial charge in [-0.25, -0.2) is 9.18 Å². The zero-order chi connectivity index (χ0) is 19.6. The van der Waals surface area contributed by atoms with E-state index in [4.69, 9.17) is 17.3 Å². The zero-order valence-corrected chi connectivity index (χ0v) is 16.1. The van der Waals surface area contributed by atoms with Crippen molar-refractivity contribution in [1.29, 1.82) is 0 Å². The average molecular weight is 406 g/mol. The van der Waals surface area contributed by atoms with E-state index in [2.05, 4.69) is 0 Å². The number of benzene rings is 2. The maximum atomic E-state index is 14.3. The molecular weight excluding hydrogens is 389 g/mol. The lowest BCUT2D eigenvalue weighted by atomic mass is 10.2. The minimum atomic E-state index is -0.478. The van der Waals surface area contributed by atoms with Gasteiger partial charge in [0.1, 0.15) is 5.82 Å². The molecule has 1 aliphatic heterocycles. The van der Waals surface area contributed by atoms with Gasteiger partial charge in [-0.05, 0) is 43.1 Å². The molecule has 0 unspecified atom stereocenters. The third-order valence-electron chi connectivity index (χ3n) is 3.90. The number of anilines is 1. The van der Waals surface area contributed by atoms with Crippen molar-refractivity contribution >= 4 is 41.1 Å². The first kappa shape index (κ1) is 19.3. The van der Waals surface area contributed by atoms with Crippen LogP contribution in [0.3, 0.4) is 0 Å². The van der Waals surface area contributed by atoms with Gasteiger partial charge in [0.25, 0.3) is 0 Å². The van der Waals surface area contributed by atoms with E-state index in [0.717, 1.165) is 4.90 Å². The normalized spacial score (nSPS) is 14.3. The second kappa shape index (κ2) is 8.02. The summed E-state index contributed by atoms with van der Waals surface area (Å²) < 4.78 is 15.7. The number of halogens is 2. The molecule has 0 radical (unpaired) electrons. The summed E-state index contributed by atoms with van der Waals surface area (Å²) in [6.45, 7) is 1.44. The summed E-state index contributed by atoms with van der Waals surface area (Å²) in [7, 11) is 0. The number of hydrogen-bond acceptors (Lipinski definition) is 4. The lowest BCUT2D eigenvalue weighted by Crippen LogP contribution is -2.44. The van der Waals surface area contributed by atoms with Gasteiger partial charge >= 0.3 is 6.03 Å². The maximum absolute atomic E-state index is 14.3. The van der Waals surface area contributed by atoms with E-state index in [1.54, 1.807) is 12.1 Å². The van der Waals surface area contributed by atoms with Gasteiger partial charge in [-0.3, -0.25) is 14.0 Å². The van der Waals surface area contributed by atoms with Crippen LogP contribution in [0.5, 0.6) is 0 Å². The van der Waals surface area contributed by atoms with Gasteiger partial charge < -0.3 is 5.73 Å². The largest absolute Gasteiger partial charge is 0.400 e. The van der Waals surface area contributed by atoms with Crippen LogP contribution in [-0.2, 0) is 11.3 Å². The Morgan fingerprint density at radius 1 is 1.26 bits per heavy atom. The van der Waals surface area contributed by atoms with E-state index >= 15 is 0 Å². The van der Waals surface area contributed by atoms with Gasteiger partial charge in [-0.2, -0.15) is 0 Å². The maximum Gasteiger partial charge on any atom is 0.335 e. The number of rotatable bonds is 5. The number of nitrogens with two attached hydrogens (primary N) is 1. The Morgan fingerprint density at radius 2 is 2.00 bits per heavy atom. The van der Waals surface area contributed by atoms with E-state index in [-0.39, 0.29) is 41.2 Å². The Hall–Kier alpha value is -2.51. The number of urea groups is 1. The molecule has 0 spiro atoms. The third-order valence-corrected chi connectivity index (χ3v) is 5.30. The van der Waals surface area contributed by atoms with Gasteiger partial charge in [-0.15, -0.1) is 0 Å². The number of allylic oxidation sites excluding steroid dienone is 1. The predicted octanol–water partition coefficient (Wildman–Crippen LogP) is 4.36. The molecule has 1 heterocycles. The summed E-state index contributed by atoms with van der Waals surface area (Å²) in [6, 6.07) is 11.4. The molecule has 0 saturated heterocycles. The number of para-hydroxylation sites is 1. The first-order valence-electron chi connectivity index (χ1n) is 8.12. The summed E-state index contributed by atoms with van der Waals surface area (Å²) >= 11 is 7.36. The molecule has 0 fully saturated rings.